The van der Waals surface area contributed by atoms with Crippen molar-refractivity contribution in [1.29, 1.82) is 0 Å². The van der Waals surface area contributed by atoms with Gasteiger partial charge in [-0.15, -0.1) is 0 Å². The van der Waals surface area contributed by atoms with Gasteiger partial charge in [-0.05, 0) is 48.1 Å². The fourth-order valence-electron chi connectivity index (χ4n) is 2.77. The maximum atomic E-state index is 12.5. The number of hydrogen-bond acceptors (Lipinski definition) is 4. The summed E-state index contributed by atoms with van der Waals surface area (Å²) >= 11 is 0. The Bertz CT molecular complexity index is 614. The van der Waals surface area contributed by atoms with Gasteiger partial charge in [0.05, 0.1) is 19.1 Å². The highest BCUT2D eigenvalue weighted by Gasteiger charge is 2.18. The molecule has 0 fully saturated rings. The number of benzene rings is 1. The molecule has 0 saturated heterocycles. The van der Waals surface area contributed by atoms with Crippen molar-refractivity contribution in [3.8, 4) is 0 Å². The van der Waals surface area contributed by atoms with E-state index in [2.05, 4.69) is 0 Å². The molecule has 1 N–H and O–H groups in total. The van der Waals surface area contributed by atoms with Crippen LogP contribution in [0, 0.1) is 0 Å². The lowest BCUT2D eigenvalue weighted by molar-refractivity contribution is -0.138. The van der Waals surface area contributed by atoms with E-state index in [9.17, 15) is 14.4 Å². The second-order valence-corrected chi connectivity index (χ2v) is 5.96. The predicted octanol–water partition coefficient (Wildman–Crippen LogP) is 2.46. The van der Waals surface area contributed by atoms with Crippen molar-refractivity contribution in [2.24, 2.45) is 0 Å². The Balaban J connectivity index is 2.97. The second kappa shape index (κ2) is 9.81. The number of likely N-dealkylation sites (N-methyl/N-ethyl adjacent to an activating group) is 1. The molecule has 0 aromatic heterocycles. The normalized spacial score (nSPS) is 10.4. The number of hydrogen-bond donors (Lipinski definition) is 1. The molecule has 0 heterocycles. The molecule has 0 atom stereocenters. The number of nitrogens with zero attached hydrogens (tertiary/aromatic N) is 1. The highest BCUT2D eigenvalue weighted by atomic mass is 16.5. The van der Waals surface area contributed by atoms with Gasteiger partial charge in [0, 0.05) is 20.0 Å². The number of carbonyl (C=O) groups is 3. The molecule has 0 unspecified atom stereocenters. The zero-order valence-electron chi connectivity index (χ0n) is 15.4. The zero-order valence-corrected chi connectivity index (χ0v) is 15.4. The average Bonchev–Trinajstić information content (AvgIpc) is 2.60. The number of methoxy groups -OCH3 is 1. The summed E-state index contributed by atoms with van der Waals surface area (Å²) in [5.74, 6) is -1.30. The Kier molecular flexibility index (Phi) is 8.11. The number of carboxylic acids is 1. The summed E-state index contributed by atoms with van der Waals surface area (Å²) in [5, 5.41) is 8.69. The minimum absolute atomic E-state index is 0.0475. The van der Waals surface area contributed by atoms with Crippen LogP contribution < -0.4 is 0 Å². The molecule has 0 spiro atoms. The van der Waals surface area contributed by atoms with E-state index in [-0.39, 0.29) is 24.7 Å². The highest BCUT2D eigenvalue weighted by molar-refractivity contribution is 5.90. The molecule has 0 saturated carbocycles. The maximum absolute atomic E-state index is 12.5. The topological polar surface area (TPSA) is 83.9 Å². The lowest BCUT2D eigenvalue weighted by Crippen LogP contribution is -2.30. The first-order valence-corrected chi connectivity index (χ1v) is 8.52. The SMILES string of the molecule is CCc1cc(C(=O)OC)cc(CC)c1CC(=O)N(C)CCCC(=O)O. The number of carboxylic acid groups (broad SMARTS) is 1. The molecule has 1 aromatic rings. The fraction of sp³-hybridized carbons (Fsp3) is 0.526. The fourth-order valence-corrected chi connectivity index (χ4v) is 2.77. The van der Waals surface area contributed by atoms with Crippen molar-refractivity contribution in [1.82, 2.24) is 4.90 Å². The maximum Gasteiger partial charge on any atom is 0.337 e. The first kappa shape index (κ1) is 20.7. The molecule has 0 radical (unpaired) electrons. The minimum atomic E-state index is -0.860. The van der Waals surface area contributed by atoms with Crippen molar-refractivity contribution in [2.75, 3.05) is 20.7 Å². The monoisotopic (exact) mass is 349 g/mol. The molecular weight excluding hydrogens is 322 g/mol. The Morgan fingerprint density at radius 2 is 1.68 bits per heavy atom. The predicted molar refractivity (Wildman–Crippen MR) is 94.7 cm³/mol. The number of aliphatic carboxylic acids is 1. The molecule has 0 aliphatic rings. The first-order valence-electron chi connectivity index (χ1n) is 8.52. The van der Waals surface area contributed by atoms with E-state index in [0.717, 1.165) is 16.7 Å². The molecule has 6 heteroatoms. The van der Waals surface area contributed by atoms with Crippen molar-refractivity contribution in [2.45, 2.75) is 46.0 Å². The van der Waals surface area contributed by atoms with Crippen LogP contribution in [0.25, 0.3) is 0 Å². The van der Waals surface area contributed by atoms with E-state index in [0.29, 0.717) is 31.4 Å². The lowest BCUT2D eigenvalue weighted by atomic mass is 9.92. The van der Waals surface area contributed by atoms with Gasteiger partial charge >= 0.3 is 11.9 Å². The number of ether oxygens (including phenoxy) is 1. The van der Waals surface area contributed by atoms with E-state index >= 15 is 0 Å². The first-order chi connectivity index (χ1) is 11.8. The van der Waals surface area contributed by atoms with Gasteiger partial charge in [0.2, 0.25) is 5.91 Å². The standard InChI is InChI=1S/C19H27NO5/c1-5-13-10-15(19(24)25-4)11-14(6-2)16(13)12-17(21)20(3)9-7-8-18(22)23/h10-11H,5-9,12H2,1-4H3,(H,22,23). The van der Waals surface area contributed by atoms with Gasteiger partial charge < -0.3 is 14.7 Å². The average molecular weight is 349 g/mol. The highest BCUT2D eigenvalue weighted by Crippen LogP contribution is 2.21. The number of esters is 1. The Labute approximate surface area is 148 Å². The summed E-state index contributed by atoms with van der Waals surface area (Å²) in [7, 11) is 3.04. The summed E-state index contributed by atoms with van der Waals surface area (Å²) < 4.78 is 4.80. The van der Waals surface area contributed by atoms with Gasteiger partial charge in [0.25, 0.3) is 0 Å². The van der Waals surface area contributed by atoms with Gasteiger partial charge in [-0.1, -0.05) is 13.8 Å². The summed E-state index contributed by atoms with van der Waals surface area (Å²) in [5.41, 5.74) is 3.38. The number of aryl methyl sites for hydroxylation is 2. The third-order valence-electron chi connectivity index (χ3n) is 4.26. The molecular formula is C19H27NO5. The van der Waals surface area contributed by atoms with Crippen LogP contribution in [-0.4, -0.2) is 48.6 Å². The third-order valence-corrected chi connectivity index (χ3v) is 4.26. The minimum Gasteiger partial charge on any atom is -0.481 e. The van der Waals surface area contributed by atoms with Gasteiger partial charge in [-0.25, -0.2) is 4.79 Å². The molecule has 25 heavy (non-hydrogen) atoms. The summed E-state index contributed by atoms with van der Waals surface area (Å²) in [6, 6.07) is 3.58. The summed E-state index contributed by atoms with van der Waals surface area (Å²) in [6.07, 6.45) is 2.15. The number of carbonyl (C=O) groups excluding carboxylic acids is 2. The van der Waals surface area contributed by atoms with E-state index in [1.54, 1.807) is 24.1 Å². The Morgan fingerprint density at radius 1 is 1.12 bits per heavy atom. The van der Waals surface area contributed by atoms with E-state index in [1.165, 1.54) is 7.11 Å². The van der Waals surface area contributed by atoms with Crippen LogP contribution in [0.4, 0.5) is 0 Å². The molecule has 6 nitrogen and oxygen atoms in total. The van der Waals surface area contributed by atoms with E-state index in [1.807, 2.05) is 13.8 Å². The van der Waals surface area contributed by atoms with Gasteiger partial charge in [-0.2, -0.15) is 0 Å². The van der Waals surface area contributed by atoms with Gasteiger partial charge in [0.15, 0.2) is 0 Å². The van der Waals surface area contributed by atoms with E-state index in [4.69, 9.17) is 9.84 Å². The van der Waals surface area contributed by atoms with E-state index < -0.39 is 5.97 Å². The van der Waals surface area contributed by atoms with Crippen LogP contribution in [0.2, 0.25) is 0 Å². The van der Waals surface area contributed by atoms with Crippen molar-refractivity contribution in [3.63, 3.8) is 0 Å². The Hall–Kier alpha value is -2.37. The van der Waals surface area contributed by atoms with Crippen molar-refractivity contribution >= 4 is 17.8 Å². The third kappa shape index (κ3) is 5.89. The second-order valence-electron chi connectivity index (χ2n) is 5.96. The zero-order chi connectivity index (χ0) is 19.0. The van der Waals surface area contributed by atoms with Crippen LogP contribution in [-0.2, 0) is 33.6 Å². The molecule has 0 bridgehead atoms. The summed E-state index contributed by atoms with van der Waals surface area (Å²) in [6.45, 7) is 4.38. The quantitative estimate of drug-likeness (QED) is 0.692. The van der Waals surface area contributed by atoms with Crippen LogP contribution in [0.1, 0.15) is 53.7 Å². The molecule has 0 aliphatic heterocycles. The smallest absolute Gasteiger partial charge is 0.337 e. The lowest BCUT2D eigenvalue weighted by Gasteiger charge is -2.20. The van der Waals surface area contributed by atoms with Crippen LogP contribution in [0.3, 0.4) is 0 Å². The summed E-state index contributed by atoms with van der Waals surface area (Å²) in [4.78, 5) is 36.5. The number of amides is 1. The van der Waals surface area contributed by atoms with Gasteiger partial charge in [-0.3, -0.25) is 9.59 Å². The largest absolute Gasteiger partial charge is 0.481 e. The molecule has 1 amide bonds. The number of rotatable bonds is 9. The van der Waals surface area contributed by atoms with Crippen molar-refractivity contribution < 1.29 is 24.2 Å². The van der Waals surface area contributed by atoms with Crippen molar-refractivity contribution in [3.05, 3.63) is 34.4 Å². The molecule has 138 valence electrons. The molecule has 1 rings (SSSR count). The van der Waals surface area contributed by atoms with Crippen LogP contribution in [0.5, 0.6) is 0 Å². The Morgan fingerprint density at radius 3 is 2.12 bits per heavy atom. The van der Waals surface area contributed by atoms with Gasteiger partial charge in [0.1, 0.15) is 0 Å². The molecule has 1 aromatic carbocycles. The molecule has 0 aliphatic carbocycles. The van der Waals surface area contributed by atoms with Crippen LogP contribution in [0.15, 0.2) is 12.1 Å². The van der Waals surface area contributed by atoms with Crippen LogP contribution >= 0.6 is 0 Å².